The molecule has 1 aromatic heterocycles. The molecular formula is C19H19N3O3. The van der Waals surface area contributed by atoms with Crippen LogP contribution in [0, 0.1) is 6.92 Å². The molecule has 0 aliphatic carbocycles. The van der Waals surface area contributed by atoms with Gasteiger partial charge in [0.05, 0.1) is 17.4 Å². The average Bonchev–Trinajstić information content (AvgIpc) is 2.63. The fourth-order valence-electron chi connectivity index (χ4n) is 2.43. The number of nitrogens with one attached hydrogen (secondary N) is 1. The van der Waals surface area contributed by atoms with E-state index in [0.29, 0.717) is 22.5 Å². The highest BCUT2D eigenvalue weighted by Gasteiger charge is 2.09. The SMILES string of the molecule is Cc1ccc(OCC(=O)NCc2nc3ccccc3c(=O)n2C)cc1. The second kappa shape index (κ2) is 7.17. The molecule has 3 aromatic rings. The Kier molecular flexibility index (Phi) is 4.79. The molecule has 0 bridgehead atoms. The van der Waals surface area contributed by atoms with E-state index in [4.69, 9.17) is 4.74 Å². The molecule has 1 heterocycles. The number of hydrogen-bond donors (Lipinski definition) is 1. The molecule has 6 nitrogen and oxygen atoms in total. The number of carbonyl (C=O) groups excluding carboxylic acids is 1. The molecule has 0 aliphatic heterocycles. The molecular weight excluding hydrogens is 318 g/mol. The van der Waals surface area contributed by atoms with Crippen LogP contribution in [-0.4, -0.2) is 22.1 Å². The van der Waals surface area contributed by atoms with Crippen molar-refractivity contribution >= 4 is 16.8 Å². The number of nitrogens with zero attached hydrogens (tertiary/aromatic N) is 2. The highest BCUT2D eigenvalue weighted by atomic mass is 16.5. The van der Waals surface area contributed by atoms with Gasteiger partial charge in [0, 0.05) is 7.05 Å². The van der Waals surface area contributed by atoms with Gasteiger partial charge in [-0.3, -0.25) is 14.2 Å². The molecule has 2 aromatic carbocycles. The van der Waals surface area contributed by atoms with Crippen molar-refractivity contribution in [3.8, 4) is 5.75 Å². The fraction of sp³-hybridized carbons (Fsp3) is 0.211. The summed E-state index contributed by atoms with van der Waals surface area (Å²) in [4.78, 5) is 28.7. The molecule has 6 heteroatoms. The Morgan fingerprint density at radius 2 is 1.88 bits per heavy atom. The number of aryl methyl sites for hydroxylation is 1. The van der Waals surface area contributed by atoms with Crippen LogP contribution < -0.4 is 15.6 Å². The first kappa shape index (κ1) is 16.7. The molecule has 0 radical (unpaired) electrons. The van der Waals surface area contributed by atoms with Crippen molar-refractivity contribution in [1.82, 2.24) is 14.9 Å². The van der Waals surface area contributed by atoms with Gasteiger partial charge < -0.3 is 10.1 Å². The largest absolute Gasteiger partial charge is 0.484 e. The van der Waals surface area contributed by atoms with E-state index >= 15 is 0 Å². The lowest BCUT2D eigenvalue weighted by Gasteiger charge is -2.11. The minimum absolute atomic E-state index is 0.0927. The van der Waals surface area contributed by atoms with Gasteiger partial charge in [0.15, 0.2) is 6.61 Å². The minimum Gasteiger partial charge on any atom is -0.484 e. The number of benzene rings is 2. The number of carbonyl (C=O) groups is 1. The predicted octanol–water partition coefficient (Wildman–Crippen LogP) is 1.94. The second-order valence-corrected chi connectivity index (χ2v) is 5.79. The molecule has 0 saturated heterocycles. The standard InChI is InChI=1S/C19H19N3O3/c1-13-7-9-14(10-8-13)25-12-18(23)20-11-17-21-16-6-4-3-5-15(16)19(24)22(17)2/h3-10H,11-12H2,1-2H3,(H,20,23). The predicted molar refractivity (Wildman–Crippen MR) is 95.5 cm³/mol. The van der Waals surface area contributed by atoms with Crippen LogP contribution in [0.2, 0.25) is 0 Å². The topological polar surface area (TPSA) is 73.2 Å². The summed E-state index contributed by atoms with van der Waals surface area (Å²) >= 11 is 0. The van der Waals surface area contributed by atoms with Gasteiger partial charge in [-0.15, -0.1) is 0 Å². The summed E-state index contributed by atoms with van der Waals surface area (Å²) in [5, 5.41) is 3.29. The Balaban J connectivity index is 1.64. The highest BCUT2D eigenvalue weighted by molar-refractivity contribution is 5.78. The summed E-state index contributed by atoms with van der Waals surface area (Å²) < 4.78 is 6.88. The van der Waals surface area contributed by atoms with Gasteiger partial charge >= 0.3 is 0 Å². The lowest BCUT2D eigenvalue weighted by atomic mass is 10.2. The number of para-hydroxylation sites is 1. The van der Waals surface area contributed by atoms with Crippen LogP contribution in [0.3, 0.4) is 0 Å². The van der Waals surface area contributed by atoms with Gasteiger partial charge in [-0.25, -0.2) is 4.98 Å². The second-order valence-electron chi connectivity index (χ2n) is 5.79. The Labute approximate surface area is 145 Å². The van der Waals surface area contributed by atoms with Crippen molar-refractivity contribution in [3.63, 3.8) is 0 Å². The molecule has 0 aliphatic rings. The van der Waals surface area contributed by atoms with Crippen LogP contribution in [0.1, 0.15) is 11.4 Å². The molecule has 0 spiro atoms. The van der Waals surface area contributed by atoms with Gasteiger partial charge in [-0.1, -0.05) is 29.8 Å². The molecule has 128 valence electrons. The Morgan fingerprint density at radius 3 is 2.64 bits per heavy atom. The minimum atomic E-state index is -0.275. The van der Waals surface area contributed by atoms with Crippen molar-refractivity contribution in [2.24, 2.45) is 7.05 Å². The number of amides is 1. The molecule has 1 N–H and O–H groups in total. The number of fused-ring (bicyclic) bond motifs is 1. The van der Waals surface area contributed by atoms with E-state index in [9.17, 15) is 9.59 Å². The summed E-state index contributed by atoms with van der Waals surface area (Å²) in [6.45, 7) is 2.05. The highest BCUT2D eigenvalue weighted by Crippen LogP contribution is 2.11. The lowest BCUT2D eigenvalue weighted by molar-refractivity contribution is -0.123. The first-order valence-corrected chi connectivity index (χ1v) is 7.95. The lowest BCUT2D eigenvalue weighted by Crippen LogP contribution is -2.32. The molecule has 0 saturated carbocycles. The van der Waals surface area contributed by atoms with Crippen molar-refractivity contribution in [2.45, 2.75) is 13.5 Å². The third-order valence-electron chi connectivity index (χ3n) is 3.91. The normalized spacial score (nSPS) is 10.6. The van der Waals surface area contributed by atoms with Crippen LogP contribution in [-0.2, 0) is 18.4 Å². The molecule has 3 rings (SSSR count). The number of hydrogen-bond acceptors (Lipinski definition) is 4. The van der Waals surface area contributed by atoms with Crippen LogP contribution in [0.25, 0.3) is 10.9 Å². The van der Waals surface area contributed by atoms with Crippen LogP contribution in [0.15, 0.2) is 53.3 Å². The first-order chi connectivity index (χ1) is 12.0. The summed E-state index contributed by atoms with van der Waals surface area (Å²) in [5.41, 5.74) is 1.61. The zero-order valence-electron chi connectivity index (χ0n) is 14.2. The van der Waals surface area contributed by atoms with E-state index in [1.165, 1.54) is 4.57 Å². The maximum Gasteiger partial charge on any atom is 0.261 e. The van der Waals surface area contributed by atoms with E-state index in [0.717, 1.165) is 5.56 Å². The van der Waals surface area contributed by atoms with Crippen LogP contribution in [0.5, 0.6) is 5.75 Å². The van der Waals surface area contributed by atoms with E-state index in [1.807, 2.05) is 37.3 Å². The van der Waals surface area contributed by atoms with Crippen molar-refractivity contribution in [3.05, 3.63) is 70.3 Å². The number of ether oxygens (including phenoxy) is 1. The first-order valence-electron chi connectivity index (χ1n) is 7.95. The fourth-order valence-corrected chi connectivity index (χ4v) is 2.43. The van der Waals surface area contributed by atoms with Gasteiger partial charge in [-0.05, 0) is 31.2 Å². The quantitative estimate of drug-likeness (QED) is 0.772. The van der Waals surface area contributed by atoms with Crippen molar-refractivity contribution in [1.29, 1.82) is 0 Å². The molecule has 0 unspecified atom stereocenters. The summed E-state index contributed by atoms with van der Waals surface area (Å²) in [5.74, 6) is 0.854. The van der Waals surface area contributed by atoms with Crippen molar-refractivity contribution in [2.75, 3.05) is 6.61 Å². The molecule has 0 atom stereocenters. The van der Waals surface area contributed by atoms with Gasteiger partial charge in [-0.2, -0.15) is 0 Å². The zero-order chi connectivity index (χ0) is 17.8. The maximum absolute atomic E-state index is 12.3. The molecule has 1 amide bonds. The summed E-state index contributed by atoms with van der Waals surface area (Å²) in [6.07, 6.45) is 0. The summed E-state index contributed by atoms with van der Waals surface area (Å²) in [7, 11) is 1.64. The monoisotopic (exact) mass is 337 g/mol. The summed E-state index contributed by atoms with van der Waals surface area (Å²) in [6, 6.07) is 14.6. The third-order valence-corrected chi connectivity index (χ3v) is 3.91. The van der Waals surface area contributed by atoms with Gasteiger partial charge in [0.2, 0.25) is 0 Å². The van der Waals surface area contributed by atoms with E-state index in [1.54, 1.807) is 25.2 Å². The Morgan fingerprint density at radius 1 is 1.16 bits per heavy atom. The van der Waals surface area contributed by atoms with Gasteiger partial charge in [0.1, 0.15) is 11.6 Å². The number of aromatic nitrogens is 2. The Bertz CT molecular complexity index is 962. The third kappa shape index (κ3) is 3.85. The average molecular weight is 337 g/mol. The Hall–Kier alpha value is -3.15. The molecule has 0 fully saturated rings. The van der Waals surface area contributed by atoms with E-state index in [2.05, 4.69) is 10.3 Å². The smallest absolute Gasteiger partial charge is 0.261 e. The van der Waals surface area contributed by atoms with Gasteiger partial charge in [0.25, 0.3) is 11.5 Å². The van der Waals surface area contributed by atoms with E-state index < -0.39 is 0 Å². The van der Waals surface area contributed by atoms with Crippen molar-refractivity contribution < 1.29 is 9.53 Å². The van der Waals surface area contributed by atoms with Crippen LogP contribution >= 0.6 is 0 Å². The van der Waals surface area contributed by atoms with E-state index in [-0.39, 0.29) is 24.6 Å². The molecule has 25 heavy (non-hydrogen) atoms. The number of rotatable bonds is 5. The zero-order valence-corrected chi connectivity index (χ0v) is 14.2. The maximum atomic E-state index is 12.3. The van der Waals surface area contributed by atoms with Crippen LogP contribution in [0.4, 0.5) is 0 Å².